The maximum Gasteiger partial charge on any atom is 0.195 e. The maximum atomic E-state index is 5.19. The zero-order valence-electron chi connectivity index (χ0n) is 9.28. The predicted molar refractivity (Wildman–Crippen MR) is 63.3 cm³/mol. The molecule has 1 aromatic heterocycles. The van der Waals surface area contributed by atoms with Gasteiger partial charge in [-0.3, -0.25) is 5.10 Å². The standard InChI is InChI=1S/C11H19N3S/c1-2-3-9-4-6-10(7-5-9)14-8-12-13-11(14)15/h8-10H,2-7H2,1H3,(H,13,15). The number of aromatic nitrogens is 3. The minimum Gasteiger partial charge on any atom is -0.304 e. The molecule has 0 bridgehead atoms. The van der Waals surface area contributed by atoms with Gasteiger partial charge in [0, 0.05) is 6.04 Å². The van der Waals surface area contributed by atoms with Crippen LogP contribution < -0.4 is 0 Å². The summed E-state index contributed by atoms with van der Waals surface area (Å²) >= 11 is 5.19. The summed E-state index contributed by atoms with van der Waals surface area (Å²) in [6, 6.07) is 0.587. The van der Waals surface area contributed by atoms with Gasteiger partial charge in [-0.25, -0.2) is 0 Å². The lowest BCUT2D eigenvalue weighted by Crippen LogP contribution is -2.17. The zero-order valence-corrected chi connectivity index (χ0v) is 10.1. The molecule has 1 saturated carbocycles. The Hall–Kier alpha value is -0.640. The molecule has 0 amide bonds. The molecule has 0 aromatic carbocycles. The Kier molecular flexibility index (Phi) is 3.57. The Morgan fingerprint density at radius 1 is 1.47 bits per heavy atom. The fraction of sp³-hybridized carbons (Fsp3) is 0.818. The van der Waals surface area contributed by atoms with E-state index in [1.807, 2.05) is 6.33 Å². The third-order valence-corrected chi connectivity index (χ3v) is 3.79. The summed E-state index contributed by atoms with van der Waals surface area (Å²) in [5, 5.41) is 6.82. The molecule has 1 aliphatic carbocycles. The maximum absolute atomic E-state index is 5.19. The molecule has 1 aromatic rings. The summed E-state index contributed by atoms with van der Waals surface area (Å²) in [7, 11) is 0. The molecule has 2 rings (SSSR count). The van der Waals surface area contributed by atoms with Crippen molar-refractivity contribution < 1.29 is 0 Å². The van der Waals surface area contributed by atoms with Gasteiger partial charge in [0.15, 0.2) is 4.77 Å². The molecule has 0 radical (unpaired) electrons. The molecule has 1 N–H and O–H groups in total. The van der Waals surface area contributed by atoms with Crippen LogP contribution in [-0.4, -0.2) is 14.8 Å². The second-order valence-corrected chi connectivity index (χ2v) is 4.92. The number of hydrogen-bond acceptors (Lipinski definition) is 2. The lowest BCUT2D eigenvalue weighted by atomic mass is 9.83. The van der Waals surface area contributed by atoms with Gasteiger partial charge in [0.2, 0.25) is 0 Å². The SMILES string of the molecule is CCCC1CCC(n2cn[nH]c2=S)CC1. The van der Waals surface area contributed by atoms with Crippen LogP contribution in [-0.2, 0) is 0 Å². The van der Waals surface area contributed by atoms with E-state index in [-0.39, 0.29) is 0 Å². The summed E-state index contributed by atoms with van der Waals surface area (Å²) in [6.45, 7) is 2.28. The van der Waals surface area contributed by atoms with Gasteiger partial charge < -0.3 is 4.57 Å². The van der Waals surface area contributed by atoms with Crippen molar-refractivity contribution in [3.05, 3.63) is 11.1 Å². The van der Waals surface area contributed by atoms with Crippen LogP contribution in [0.25, 0.3) is 0 Å². The molecule has 1 heterocycles. The first kappa shape index (κ1) is 10.9. The Morgan fingerprint density at radius 2 is 2.20 bits per heavy atom. The van der Waals surface area contributed by atoms with Crippen molar-refractivity contribution in [3.63, 3.8) is 0 Å². The van der Waals surface area contributed by atoms with E-state index < -0.39 is 0 Å². The molecule has 4 heteroatoms. The van der Waals surface area contributed by atoms with E-state index in [2.05, 4.69) is 21.7 Å². The highest BCUT2D eigenvalue weighted by Crippen LogP contribution is 2.34. The van der Waals surface area contributed by atoms with Crippen LogP contribution in [0.2, 0.25) is 0 Å². The van der Waals surface area contributed by atoms with E-state index in [9.17, 15) is 0 Å². The molecular formula is C11H19N3S. The average Bonchev–Trinajstić information content (AvgIpc) is 2.66. The van der Waals surface area contributed by atoms with Crippen LogP contribution in [0.4, 0.5) is 0 Å². The van der Waals surface area contributed by atoms with Gasteiger partial charge >= 0.3 is 0 Å². The van der Waals surface area contributed by atoms with Crippen LogP contribution in [0.3, 0.4) is 0 Å². The molecule has 0 unspecified atom stereocenters. The quantitative estimate of drug-likeness (QED) is 0.799. The highest BCUT2D eigenvalue weighted by atomic mass is 32.1. The van der Waals surface area contributed by atoms with Crippen LogP contribution in [0, 0.1) is 10.7 Å². The number of rotatable bonds is 3. The third kappa shape index (κ3) is 2.48. The molecule has 3 nitrogen and oxygen atoms in total. The first-order chi connectivity index (χ1) is 7.31. The monoisotopic (exact) mass is 225 g/mol. The molecule has 1 fully saturated rings. The topological polar surface area (TPSA) is 33.6 Å². The van der Waals surface area contributed by atoms with Crippen molar-refractivity contribution in [2.24, 2.45) is 5.92 Å². The lowest BCUT2D eigenvalue weighted by molar-refractivity contribution is 0.261. The molecule has 0 atom stereocenters. The smallest absolute Gasteiger partial charge is 0.195 e. The highest BCUT2D eigenvalue weighted by molar-refractivity contribution is 7.71. The number of nitrogens with one attached hydrogen (secondary N) is 1. The van der Waals surface area contributed by atoms with Crippen molar-refractivity contribution in [1.82, 2.24) is 14.8 Å². The predicted octanol–water partition coefficient (Wildman–Crippen LogP) is 3.47. The summed E-state index contributed by atoms with van der Waals surface area (Å²) in [5.74, 6) is 0.951. The largest absolute Gasteiger partial charge is 0.304 e. The fourth-order valence-corrected chi connectivity index (χ4v) is 2.89. The van der Waals surface area contributed by atoms with Gasteiger partial charge in [-0.05, 0) is 43.8 Å². The van der Waals surface area contributed by atoms with Gasteiger partial charge in [-0.2, -0.15) is 5.10 Å². The van der Waals surface area contributed by atoms with Gasteiger partial charge in [0.05, 0.1) is 0 Å². The van der Waals surface area contributed by atoms with Crippen molar-refractivity contribution in [2.45, 2.75) is 51.5 Å². The molecule has 0 aliphatic heterocycles. The van der Waals surface area contributed by atoms with Crippen LogP contribution in [0.5, 0.6) is 0 Å². The van der Waals surface area contributed by atoms with Gasteiger partial charge in [-0.15, -0.1) is 0 Å². The Labute approximate surface area is 95.9 Å². The first-order valence-corrected chi connectivity index (χ1v) is 6.33. The summed E-state index contributed by atoms with van der Waals surface area (Å²) in [5.41, 5.74) is 0. The average molecular weight is 225 g/mol. The second-order valence-electron chi connectivity index (χ2n) is 4.53. The van der Waals surface area contributed by atoms with E-state index >= 15 is 0 Å². The van der Waals surface area contributed by atoms with E-state index in [4.69, 9.17) is 12.2 Å². The van der Waals surface area contributed by atoms with Gasteiger partial charge in [-0.1, -0.05) is 19.8 Å². The van der Waals surface area contributed by atoms with Crippen molar-refractivity contribution in [3.8, 4) is 0 Å². The Morgan fingerprint density at radius 3 is 2.73 bits per heavy atom. The van der Waals surface area contributed by atoms with E-state index in [0.29, 0.717) is 6.04 Å². The molecule has 84 valence electrons. The van der Waals surface area contributed by atoms with E-state index in [1.54, 1.807) is 0 Å². The highest BCUT2D eigenvalue weighted by Gasteiger charge is 2.21. The van der Waals surface area contributed by atoms with E-state index in [0.717, 1.165) is 10.7 Å². The van der Waals surface area contributed by atoms with Crippen LogP contribution >= 0.6 is 12.2 Å². The molecule has 0 saturated heterocycles. The normalized spacial score (nSPS) is 26.7. The number of H-pyrrole nitrogens is 1. The minimum absolute atomic E-state index is 0.587. The van der Waals surface area contributed by atoms with Crippen molar-refractivity contribution in [1.29, 1.82) is 0 Å². The number of aromatic amines is 1. The van der Waals surface area contributed by atoms with Crippen molar-refractivity contribution in [2.75, 3.05) is 0 Å². The molecular weight excluding hydrogens is 206 g/mol. The summed E-state index contributed by atoms with van der Waals surface area (Å²) < 4.78 is 2.89. The minimum atomic E-state index is 0.587. The Balaban J connectivity index is 1.94. The van der Waals surface area contributed by atoms with Crippen LogP contribution in [0.15, 0.2) is 6.33 Å². The van der Waals surface area contributed by atoms with Gasteiger partial charge in [0.1, 0.15) is 6.33 Å². The van der Waals surface area contributed by atoms with Crippen LogP contribution in [0.1, 0.15) is 51.5 Å². The fourth-order valence-electron chi connectivity index (χ4n) is 2.64. The number of nitrogens with zero attached hydrogens (tertiary/aromatic N) is 2. The van der Waals surface area contributed by atoms with Gasteiger partial charge in [0.25, 0.3) is 0 Å². The number of hydrogen-bond donors (Lipinski definition) is 1. The third-order valence-electron chi connectivity index (χ3n) is 3.48. The second kappa shape index (κ2) is 4.92. The summed E-state index contributed by atoms with van der Waals surface area (Å²) in [6.07, 6.45) is 9.78. The molecule has 15 heavy (non-hydrogen) atoms. The molecule has 1 aliphatic rings. The van der Waals surface area contributed by atoms with Crippen molar-refractivity contribution >= 4 is 12.2 Å². The zero-order chi connectivity index (χ0) is 10.7. The first-order valence-electron chi connectivity index (χ1n) is 5.92. The Bertz CT molecular complexity index is 347. The summed E-state index contributed by atoms with van der Waals surface area (Å²) in [4.78, 5) is 0. The lowest BCUT2D eigenvalue weighted by Gasteiger charge is -2.28. The molecule has 0 spiro atoms. The van der Waals surface area contributed by atoms with E-state index in [1.165, 1.54) is 38.5 Å².